The van der Waals surface area contributed by atoms with Crippen molar-refractivity contribution < 1.29 is 10.3 Å². The highest BCUT2D eigenvalue weighted by atomic mass is 31.2. The Hall–Kier alpha value is -4.09. The van der Waals surface area contributed by atoms with Gasteiger partial charge in [-0.1, -0.05) is 109 Å². The van der Waals surface area contributed by atoms with Crippen LogP contribution in [-0.4, -0.2) is 16.8 Å². The van der Waals surface area contributed by atoms with E-state index in [1.54, 1.807) is 0 Å². The average Bonchev–Trinajstić information content (AvgIpc) is 3.07. The monoisotopic (exact) mass is 578 g/mol. The first-order chi connectivity index (χ1) is 19.6. The van der Waals surface area contributed by atoms with Crippen molar-refractivity contribution in [2.24, 2.45) is 0 Å². The van der Waals surface area contributed by atoms with E-state index in [1.165, 1.54) is 31.8 Å². The van der Waals surface area contributed by atoms with Crippen molar-refractivity contribution in [3.63, 3.8) is 0 Å². The van der Waals surface area contributed by atoms with Crippen LogP contribution in [0.3, 0.4) is 0 Å². The van der Waals surface area contributed by atoms with Crippen molar-refractivity contribution in [1.29, 1.82) is 0 Å². The minimum absolute atomic E-state index is 0. The van der Waals surface area contributed by atoms with Crippen molar-refractivity contribution in [2.75, 3.05) is 0 Å². The first-order valence-electron chi connectivity index (χ1n) is 13.3. The molecule has 0 saturated heterocycles. The van der Waals surface area contributed by atoms with E-state index in [0.717, 1.165) is 0 Å². The van der Waals surface area contributed by atoms with Crippen LogP contribution >= 0.6 is 14.1 Å². The maximum Gasteiger partial charge on any atom is 0.181 e. The molecule has 0 unspecified atom stereocenters. The molecular weight excluding hydrogens is 544 g/mol. The molecule has 0 aliphatic carbocycles. The van der Waals surface area contributed by atoms with E-state index < -0.39 is 14.1 Å². The number of hydrogen-bond donors (Lipinski definition) is 2. The topological polar surface area (TPSA) is 51.2 Å². The van der Waals surface area contributed by atoms with E-state index >= 15 is 0 Å². The zero-order chi connectivity index (χ0) is 27.7. The largest absolute Gasteiger partial charge is 1.00 e. The summed E-state index contributed by atoms with van der Waals surface area (Å²) >= 11 is 0. The molecule has 6 rings (SSSR count). The van der Waals surface area contributed by atoms with E-state index in [0.29, 0.717) is 0 Å². The molecule has 42 heavy (non-hydrogen) atoms. The lowest BCUT2D eigenvalue weighted by atomic mass is 10.4. The lowest BCUT2D eigenvalue weighted by molar-refractivity contribution is -0.0815. The van der Waals surface area contributed by atoms with Crippen LogP contribution in [0.15, 0.2) is 182 Å². The van der Waals surface area contributed by atoms with Gasteiger partial charge in [0.1, 0.15) is 0 Å². The Balaban J connectivity index is 0.000000220. The standard InChI is InChI=1S/2C18H16NP.2B/c2*19-20(16-10-4-1-5-11-16,17-12-6-2-7-13-17)18-14-8-3-9-15-18;;/h2*1-15,19H;;/q;;2*-1/p+2. The van der Waals surface area contributed by atoms with Gasteiger partial charge >= 0.3 is 0 Å². The van der Waals surface area contributed by atoms with Gasteiger partial charge in [0.05, 0.1) is 0 Å². The highest BCUT2D eigenvalue weighted by Crippen LogP contribution is 2.38. The van der Waals surface area contributed by atoms with Gasteiger partial charge in [0.15, 0.2) is 14.1 Å². The molecule has 0 aromatic heterocycles. The number of benzene rings is 6. The molecule has 204 valence electrons. The van der Waals surface area contributed by atoms with E-state index in [-0.39, 0.29) is 16.8 Å². The maximum atomic E-state index is 6.97. The van der Waals surface area contributed by atoms with Crippen LogP contribution < -0.4 is 42.2 Å². The fourth-order valence-electron chi connectivity index (χ4n) is 4.87. The molecule has 0 heterocycles. The third kappa shape index (κ3) is 6.85. The van der Waals surface area contributed by atoms with Gasteiger partial charge in [-0.15, -0.1) is 0 Å². The molecule has 0 amide bonds. The molecule has 6 aromatic carbocycles. The molecule has 0 aliphatic heterocycles. The van der Waals surface area contributed by atoms with Gasteiger partial charge in [0.25, 0.3) is 0 Å². The molecule has 0 aliphatic rings. The zero-order valence-electron chi connectivity index (χ0n) is 23.5. The molecule has 6 aromatic rings. The number of rotatable bonds is 6. The molecule has 0 fully saturated rings. The Morgan fingerprint density at radius 2 is 0.357 bits per heavy atom. The molecular formula is C36H34B2N2P2. The number of nitrogens with two attached hydrogens (primary N) is 2. The van der Waals surface area contributed by atoms with Crippen LogP contribution in [0.5, 0.6) is 0 Å². The van der Waals surface area contributed by atoms with Crippen molar-refractivity contribution in [1.82, 2.24) is 0 Å². The van der Waals surface area contributed by atoms with Gasteiger partial charge in [0, 0.05) is 31.8 Å². The average molecular weight is 578 g/mol. The van der Waals surface area contributed by atoms with Crippen molar-refractivity contribution in [2.45, 2.75) is 0 Å². The predicted octanol–water partition coefficient (Wildman–Crippen LogP) is 3.08. The smallest absolute Gasteiger partial charge is 0.181 e. The quantitative estimate of drug-likeness (QED) is 0.226. The van der Waals surface area contributed by atoms with Crippen LogP contribution in [-0.2, 0) is 0 Å². The Labute approximate surface area is 254 Å². The summed E-state index contributed by atoms with van der Waals surface area (Å²) in [6.07, 6.45) is 0. The molecule has 4 N–H and O–H groups in total. The first kappa shape index (κ1) is 32.4. The van der Waals surface area contributed by atoms with E-state index in [1.807, 2.05) is 36.4 Å². The summed E-state index contributed by atoms with van der Waals surface area (Å²) in [5, 5.41) is 21.2. The third-order valence-corrected chi connectivity index (χ3v) is 13.7. The Kier molecular flexibility index (Phi) is 11.8. The molecule has 0 atom stereocenters. The Morgan fingerprint density at radius 1 is 0.238 bits per heavy atom. The van der Waals surface area contributed by atoms with E-state index in [2.05, 4.69) is 146 Å². The lowest BCUT2D eigenvalue weighted by Gasteiger charge is -2.18. The van der Waals surface area contributed by atoms with Crippen molar-refractivity contribution in [3.8, 4) is 0 Å². The van der Waals surface area contributed by atoms with Gasteiger partial charge in [-0.25, -0.2) is 0 Å². The minimum Gasteiger partial charge on any atom is -1.00 e. The summed E-state index contributed by atoms with van der Waals surface area (Å²) < 4.78 is 0. The summed E-state index contributed by atoms with van der Waals surface area (Å²) in [5.41, 5.74) is 0. The molecule has 0 spiro atoms. The van der Waals surface area contributed by atoms with Crippen molar-refractivity contribution in [3.05, 3.63) is 182 Å². The van der Waals surface area contributed by atoms with Gasteiger partial charge in [-0.2, -0.15) is 0 Å². The summed E-state index contributed by atoms with van der Waals surface area (Å²) in [7, 11) is -4.05. The second kappa shape index (κ2) is 15.2. The van der Waals surface area contributed by atoms with Crippen LogP contribution in [0.1, 0.15) is 0 Å². The summed E-state index contributed by atoms with van der Waals surface area (Å²) in [5.74, 6) is 0. The minimum atomic E-state index is -2.03. The van der Waals surface area contributed by atoms with Crippen LogP contribution in [0.25, 0.3) is 0 Å². The molecule has 0 saturated carbocycles. The van der Waals surface area contributed by atoms with Crippen LogP contribution in [0.2, 0.25) is 0 Å². The molecule has 8 radical (unpaired) electrons. The SMILES string of the molecule is [B-].[B-].[NH2+]=P(c1ccccc1)(c1ccccc1)c1ccccc1.[NH2+]=P(c1ccccc1)(c1ccccc1)c1ccccc1. The summed E-state index contributed by atoms with van der Waals surface area (Å²) in [6.45, 7) is 0. The lowest BCUT2D eigenvalue weighted by Crippen LogP contribution is -2.44. The van der Waals surface area contributed by atoms with E-state index in [4.69, 9.17) is 10.3 Å². The van der Waals surface area contributed by atoms with Gasteiger partial charge < -0.3 is 16.8 Å². The van der Waals surface area contributed by atoms with Crippen LogP contribution in [0, 0.1) is 0 Å². The third-order valence-electron chi connectivity index (χ3n) is 6.98. The first-order valence-corrected chi connectivity index (χ1v) is 17.0. The second-order valence-electron chi connectivity index (χ2n) is 9.46. The normalized spacial score (nSPS) is 10.7. The van der Waals surface area contributed by atoms with Crippen molar-refractivity contribution >= 4 is 62.8 Å². The summed E-state index contributed by atoms with van der Waals surface area (Å²) in [4.78, 5) is 0. The molecule has 6 heteroatoms. The number of hydrogen-bond acceptors (Lipinski definition) is 0. The zero-order valence-corrected chi connectivity index (χ0v) is 25.3. The second-order valence-corrected chi connectivity index (χ2v) is 15.4. The fraction of sp³-hybridized carbons (Fsp3) is 0. The van der Waals surface area contributed by atoms with E-state index in [9.17, 15) is 0 Å². The van der Waals surface area contributed by atoms with Gasteiger partial charge in [-0.3, -0.25) is 10.3 Å². The predicted molar refractivity (Wildman–Crippen MR) is 186 cm³/mol. The summed E-state index contributed by atoms with van der Waals surface area (Å²) in [6, 6.07) is 62.5. The van der Waals surface area contributed by atoms with Crippen LogP contribution in [0.4, 0.5) is 0 Å². The molecule has 2 nitrogen and oxygen atoms in total. The maximum absolute atomic E-state index is 6.97. The van der Waals surface area contributed by atoms with Gasteiger partial charge in [0.2, 0.25) is 0 Å². The Bertz CT molecular complexity index is 1380. The van der Waals surface area contributed by atoms with Gasteiger partial charge in [-0.05, 0) is 72.8 Å². The fourth-order valence-corrected chi connectivity index (χ4v) is 10.5. The molecule has 0 bridgehead atoms. The Morgan fingerprint density at radius 3 is 0.476 bits per heavy atom. The highest BCUT2D eigenvalue weighted by Gasteiger charge is 2.31. The highest BCUT2D eigenvalue weighted by molar-refractivity contribution is 7.85.